The van der Waals surface area contributed by atoms with Crippen LogP contribution in [0.25, 0.3) is 0 Å². The molecule has 0 saturated carbocycles. The van der Waals surface area contributed by atoms with E-state index in [9.17, 15) is 4.79 Å². The zero-order valence-corrected chi connectivity index (χ0v) is 9.29. The van der Waals surface area contributed by atoms with Gasteiger partial charge in [-0.25, -0.2) is 0 Å². The average molecular weight is 203 g/mol. The molecular formula is C10H21NO3. The molecule has 0 aromatic carbocycles. The van der Waals surface area contributed by atoms with Crippen LogP contribution < -0.4 is 5.73 Å². The van der Waals surface area contributed by atoms with E-state index >= 15 is 0 Å². The predicted octanol–water partition coefficient (Wildman–Crippen LogP) is 0.940. The molecule has 0 bridgehead atoms. The molecule has 0 heterocycles. The molecule has 0 unspecified atom stereocenters. The highest BCUT2D eigenvalue weighted by atomic mass is 16.5. The zero-order valence-electron chi connectivity index (χ0n) is 9.29. The van der Waals surface area contributed by atoms with E-state index in [1.807, 2.05) is 13.8 Å². The van der Waals surface area contributed by atoms with E-state index in [2.05, 4.69) is 0 Å². The molecule has 0 aliphatic heterocycles. The van der Waals surface area contributed by atoms with Gasteiger partial charge in [-0.05, 0) is 12.8 Å². The second-order valence-corrected chi connectivity index (χ2v) is 3.54. The van der Waals surface area contributed by atoms with Gasteiger partial charge >= 0.3 is 5.97 Å². The maximum atomic E-state index is 10.9. The van der Waals surface area contributed by atoms with Crippen LogP contribution in [-0.2, 0) is 14.3 Å². The monoisotopic (exact) mass is 203 g/mol. The molecule has 0 amide bonds. The Hall–Kier alpha value is -0.610. The van der Waals surface area contributed by atoms with Crippen molar-refractivity contribution in [2.45, 2.75) is 33.2 Å². The number of esters is 1. The van der Waals surface area contributed by atoms with Crippen LogP contribution in [-0.4, -0.2) is 31.8 Å². The molecule has 0 aromatic rings. The highest BCUT2D eigenvalue weighted by Crippen LogP contribution is 1.99. The standard InChI is InChI=1S/C10H21NO3/c1-4-14-10(12)5-6-13-7-9(11)8(2)3/h8-9H,4-7,11H2,1-3H3/t9-/m0/s1. The predicted molar refractivity (Wildman–Crippen MR) is 54.9 cm³/mol. The van der Waals surface area contributed by atoms with Crippen LogP contribution >= 0.6 is 0 Å². The lowest BCUT2D eigenvalue weighted by atomic mass is 10.1. The van der Waals surface area contributed by atoms with Gasteiger partial charge in [-0.1, -0.05) is 13.8 Å². The summed E-state index contributed by atoms with van der Waals surface area (Å²) in [6.07, 6.45) is 0.304. The lowest BCUT2D eigenvalue weighted by Crippen LogP contribution is -2.32. The number of carbonyl (C=O) groups excluding carboxylic acids is 1. The molecule has 2 N–H and O–H groups in total. The van der Waals surface area contributed by atoms with Crippen LogP contribution in [0, 0.1) is 5.92 Å². The fraction of sp³-hybridized carbons (Fsp3) is 0.900. The summed E-state index contributed by atoms with van der Waals surface area (Å²) in [5.74, 6) is 0.184. The molecule has 0 rings (SSSR count). The minimum atomic E-state index is -0.217. The zero-order chi connectivity index (χ0) is 11.0. The molecule has 0 aliphatic rings. The van der Waals surface area contributed by atoms with Crippen LogP contribution in [0.5, 0.6) is 0 Å². The summed E-state index contributed by atoms with van der Waals surface area (Å²) >= 11 is 0. The van der Waals surface area contributed by atoms with Crippen molar-refractivity contribution in [2.24, 2.45) is 11.7 Å². The van der Waals surface area contributed by atoms with Crippen molar-refractivity contribution in [3.8, 4) is 0 Å². The normalized spacial score (nSPS) is 12.9. The summed E-state index contributed by atoms with van der Waals surface area (Å²) < 4.78 is 9.99. The largest absolute Gasteiger partial charge is 0.466 e. The van der Waals surface area contributed by atoms with Crippen molar-refractivity contribution < 1.29 is 14.3 Å². The third-order valence-corrected chi connectivity index (χ3v) is 1.92. The molecule has 0 fully saturated rings. The van der Waals surface area contributed by atoms with Gasteiger partial charge in [0, 0.05) is 6.04 Å². The minimum absolute atomic E-state index is 0.0391. The second-order valence-electron chi connectivity index (χ2n) is 3.54. The molecule has 0 radical (unpaired) electrons. The first-order valence-corrected chi connectivity index (χ1v) is 5.06. The Morgan fingerprint density at radius 1 is 1.43 bits per heavy atom. The van der Waals surface area contributed by atoms with Crippen molar-refractivity contribution >= 4 is 5.97 Å². The molecule has 4 heteroatoms. The topological polar surface area (TPSA) is 61.5 Å². The van der Waals surface area contributed by atoms with Gasteiger partial charge < -0.3 is 15.2 Å². The van der Waals surface area contributed by atoms with E-state index in [1.54, 1.807) is 6.92 Å². The Morgan fingerprint density at radius 3 is 2.57 bits per heavy atom. The van der Waals surface area contributed by atoms with Gasteiger partial charge in [0.25, 0.3) is 0 Å². The van der Waals surface area contributed by atoms with E-state index in [1.165, 1.54) is 0 Å². The number of nitrogens with two attached hydrogens (primary N) is 1. The lowest BCUT2D eigenvalue weighted by molar-refractivity contribution is -0.144. The van der Waals surface area contributed by atoms with Crippen molar-refractivity contribution in [1.82, 2.24) is 0 Å². The van der Waals surface area contributed by atoms with Gasteiger partial charge in [0.1, 0.15) is 0 Å². The summed E-state index contributed by atoms with van der Waals surface area (Å²) in [6, 6.07) is 0.0391. The molecule has 4 nitrogen and oxygen atoms in total. The number of hydrogen-bond acceptors (Lipinski definition) is 4. The smallest absolute Gasteiger partial charge is 0.308 e. The van der Waals surface area contributed by atoms with Gasteiger partial charge in [0.05, 0.1) is 26.2 Å². The van der Waals surface area contributed by atoms with E-state index < -0.39 is 0 Å². The maximum Gasteiger partial charge on any atom is 0.308 e. The van der Waals surface area contributed by atoms with Crippen molar-refractivity contribution in [3.63, 3.8) is 0 Å². The SMILES string of the molecule is CCOC(=O)CCOC[C@H](N)C(C)C. The number of rotatable bonds is 7. The number of ether oxygens (including phenoxy) is 2. The summed E-state index contributed by atoms with van der Waals surface area (Å²) in [6.45, 7) is 7.17. The quantitative estimate of drug-likeness (QED) is 0.494. The Morgan fingerprint density at radius 2 is 2.07 bits per heavy atom. The fourth-order valence-electron chi connectivity index (χ4n) is 0.801. The van der Waals surface area contributed by atoms with E-state index in [-0.39, 0.29) is 12.0 Å². The molecule has 0 spiro atoms. The summed E-state index contributed by atoms with van der Waals surface area (Å²) in [5, 5.41) is 0. The van der Waals surface area contributed by atoms with Crippen LogP contribution in [0.2, 0.25) is 0 Å². The molecule has 1 atom stereocenters. The fourth-order valence-corrected chi connectivity index (χ4v) is 0.801. The minimum Gasteiger partial charge on any atom is -0.466 e. The molecule has 84 valence electrons. The third kappa shape index (κ3) is 6.86. The Kier molecular flexibility index (Phi) is 7.42. The van der Waals surface area contributed by atoms with Gasteiger partial charge in [-0.15, -0.1) is 0 Å². The van der Waals surface area contributed by atoms with Crippen LogP contribution in [0.15, 0.2) is 0 Å². The second kappa shape index (κ2) is 7.76. The van der Waals surface area contributed by atoms with E-state index in [0.717, 1.165) is 0 Å². The van der Waals surface area contributed by atoms with Crippen molar-refractivity contribution in [2.75, 3.05) is 19.8 Å². The van der Waals surface area contributed by atoms with Gasteiger partial charge in [-0.3, -0.25) is 4.79 Å². The van der Waals surface area contributed by atoms with E-state index in [0.29, 0.717) is 32.2 Å². The van der Waals surface area contributed by atoms with Crippen LogP contribution in [0.3, 0.4) is 0 Å². The highest BCUT2D eigenvalue weighted by molar-refractivity contribution is 5.69. The average Bonchev–Trinajstić information content (AvgIpc) is 2.12. The first kappa shape index (κ1) is 13.4. The maximum absolute atomic E-state index is 10.9. The molecule has 0 aliphatic carbocycles. The van der Waals surface area contributed by atoms with Crippen molar-refractivity contribution in [1.29, 1.82) is 0 Å². The van der Waals surface area contributed by atoms with E-state index in [4.69, 9.17) is 15.2 Å². The molecule has 0 saturated heterocycles. The summed E-state index contributed by atoms with van der Waals surface area (Å²) in [4.78, 5) is 10.9. The Balaban J connectivity index is 3.33. The number of carbonyl (C=O) groups is 1. The lowest BCUT2D eigenvalue weighted by Gasteiger charge is -2.15. The summed E-state index contributed by atoms with van der Waals surface area (Å²) in [5.41, 5.74) is 5.75. The van der Waals surface area contributed by atoms with Gasteiger partial charge in [0.2, 0.25) is 0 Å². The van der Waals surface area contributed by atoms with Gasteiger partial charge in [-0.2, -0.15) is 0 Å². The van der Waals surface area contributed by atoms with Gasteiger partial charge in [0.15, 0.2) is 0 Å². The number of hydrogen-bond donors (Lipinski definition) is 1. The first-order valence-electron chi connectivity index (χ1n) is 5.06. The van der Waals surface area contributed by atoms with Crippen molar-refractivity contribution in [3.05, 3.63) is 0 Å². The van der Waals surface area contributed by atoms with Crippen LogP contribution in [0.1, 0.15) is 27.2 Å². The third-order valence-electron chi connectivity index (χ3n) is 1.92. The first-order chi connectivity index (χ1) is 6.57. The Bertz CT molecular complexity index is 159. The Labute approximate surface area is 85.8 Å². The molecule has 0 aromatic heterocycles. The van der Waals surface area contributed by atoms with Crippen LogP contribution in [0.4, 0.5) is 0 Å². The summed E-state index contributed by atoms with van der Waals surface area (Å²) in [7, 11) is 0. The molecular weight excluding hydrogens is 182 g/mol. The highest BCUT2D eigenvalue weighted by Gasteiger charge is 2.08. The molecule has 14 heavy (non-hydrogen) atoms.